The van der Waals surface area contributed by atoms with Crippen molar-refractivity contribution in [3.63, 3.8) is 0 Å². The van der Waals surface area contributed by atoms with Crippen LogP contribution in [0.2, 0.25) is 0 Å². The first-order valence-corrected chi connectivity index (χ1v) is 10.1. The zero-order valence-corrected chi connectivity index (χ0v) is 17.4. The molecule has 0 atom stereocenters. The number of nitro benzene ring substituents is 1. The predicted octanol–water partition coefficient (Wildman–Crippen LogP) is 5.57. The van der Waals surface area contributed by atoms with Crippen LogP contribution < -0.4 is 0 Å². The van der Waals surface area contributed by atoms with E-state index in [1.807, 2.05) is 24.3 Å². The van der Waals surface area contributed by atoms with Gasteiger partial charge in [-0.15, -0.1) is 0 Å². The highest BCUT2D eigenvalue weighted by molar-refractivity contribution is 8.04. The van der Waals surface area contributed by atoms with Gasteiger partial charge in [-0.25, -0.2) is 9.78 Å². The fourth-order valence-corrected chi connectivity index (χ4v) is 3.88. The van der Waals surface area contributed by atoms with Crippen molar-refractivity contribution in [1.29, 1.82) is 0 Å². The maximum absolute atomic E-state index is 11.8. The van der Waals surface area contributed by atoms with Gasteiger partial charge in [0.05, 0.1) is 16.0 Å². The second-order valence-electron chi connectivity index (χ2n) is 6.87. The largest absolute Gasteiger partial charge is 0.477 e. The van der Waals surface area contributed by atoms with Crippen molar-refractivity contribution in [3.8, 4) is 11.3 Å². The molecular formula is C22H17N3O5S. The van der Waals surface area contributed by atoms with Crippen molar-refractivity contribution in [2.45, 2.75) is 19.0 Å². The van der Waals surface area contributed by atoms with Crippen molar-refractivity contribution >= 4 is 40.5 Å². The van der Waals surface area contributed by atoms with Gasteiger partial charge in [-0.2, -0.15) is 0 Å². The maximum Gasteiger partial charge on any atom is 0.342 e. The highest BCUT2D eigenvalue weighted by atomic mass is 32.2. The molecule has 0 aliphatic carbocycles. The molecule has 0 saturated heterocycles. The summed E-state index contributed by atoms with van der Waals surface area (Å²) in [5.74, 6) is -0.391. The van der Waals surface area contributed by atoms with Crippen molar-refractivity contribution in [2.75, 3.05) is 0 Å². The normalized spacial score (nSPS) is 11.7. The highest BCUT2D eigenvalue weighted by Gasteiger charge is 2.18. The highest BCUT2D eigenvalue weighted by Crippen LogP contribution is 2.33. The van der Waals surface area contributed by atoms with Crippen LogP contribution in [-0.4, -0.2) is 26.0 Å². The van der Waals surface area contributed by atoms with Gasteiger partial charge in [-0.1, -0.05) is 12.1 Å². The third kappa shape index (κ3) is 4.22. The van der Waals surface area contributed by atoms with E-state index in [-0.39, 0.29) is 10.6 Å². The number of nitrogens with one attached hydrogen (secondary N) is 1. The second kappa shape index (κ2) is 8.11. The number of hydrogen-bond donors (Lipinski definition) is 2. The minimum Gasteiger partial charge on any atom is -0.477 e. The molecule has 0 bridgehead atoms. The Kier molecular flexibility index (Phi) is 5.35. The fraction of sp³-hybridized carbons (Fsp3) is 0.0909. The molecular weight excluding hydrogens is 418 g/mol. The quantitative estimate of drug-likeness (QED) is 0.176. The van der Waals surface area contributed by atoms with Crippen LogP contribution in [-0.2, 0) is 4.79 Å². The van der Waals surface area contributed by atoms with E-state index in [2.05, 4.69) is 9.97 Å². The Morgan fingerprint density at radius 3 is 2.71 bits per heavy atom. The number of nitro groups is 1. The minimum atomic E-state index is -1.12. The summed E-state index contributed by atoms with van der Waals surface area (Å²) in [6, 6.07) is 14.0. The van der Waals surface area contributed by atoms with Gasteiger partial charge in [0.1, 0.15) is 16.4 Å². The average Bonchev–Trinajstić information content (AvgIpc) is 3.35. The monoisotopic (exact) mass is 435 g/mol. The lowest BCUT2D eigenvalue weighted by molar-refractivity contribution is -0.385. The van der Waals surface area contributed by atoms with Gasteiger partial charge < -0.3 is 14.5 Å². The predicted molar refractivity (Wildman–Crippen MR) is 118 cm³/mol. The minimum absolute atomic E-state index is 0.00941. The Hall–Kier alpha value is -3.85. The summed E-state index contributed by atoms with van der Waals surface area (Å²) in [7, 11) is 0. The van der Waals surface area contributed by atoms with E-state index in [9.17, 15) is 20.0 Å². The Labute approximate surface area is 180 Å². The number of hydrogen-bond acceptors (Lipinski definition) is 6. The van der Waals surface area contributed by atoms with Crippen LogP contribution in [0.4, 0.5) is 5.69 Å². The number of aromatic nitrogens is 2. The lowest BCUT2D eigenvalue weighted by Gasteiger charge is -2.04. The number of aryl methyl sites for hydroxylation is 1. The number of H-pyrrole nitrogens is 1. The number of fused-ring (bicyclic) bond motifs is 1. The summed E-state index contributed by atoms with van der Waals surface area (Å²) >= 11 is 0.979. The zero-order chi connectivity index (χ0) is 22.1. The number of benzene rings is 2. The summed E-state index contributed by atoms with van der Waals surface area (Å²) in [5, 5.41) is 21.4. The van der Waals surface area contributed by atoms with Crippen molar-refractivity contribution < 1.29 is 19.2 Å². The van der Waals surface area contributed by atoms with E-state index in [1.165, 1.54) is 12.1 Å². The van der Waals surface area contributed by atoms with E-state index < -0.39 is 10.9 Å². The number of rotatable bonds is 6. The molecule has 31 heavy (non-hydrogen) atoms. The van der Waals surface area contributed by atoms with Gasteiger partial charge in [-0.3, -0.25) is 10.1 Å². The molecule has 0 aliphatic rings. The Morgan fingerprint density at radius 2 is 2.00 bits per heavy atom. The molecule has 0 spiro atoms. The molecule has 2 aromatic heterocycles. The number of carboxylic acids is 1. The third-order valence-corrected chi connectivity index (χ3v) is 5.71. The van der Waals surface area contributed by atoms with E-state index in [0.29, 0.717) is 27.8 Å². The first-order chi connectivity index (χ1) is 14.8. The first-order valence-electron chi connectivity index (χ1n) is 9.25. The van der Waals surface area contributed by atoms with Crippen LogP contribution in [0.1, 0.15) is 16.9 Å². The maximum atomic E-state index is 11.8. The molecule has 2 N–H and O–H groups in total. The van der Waals surface area contributed by atoms with Crippen LogP contribution in [0.25, 0.3) is 28.4 Å². The van der Waals surface area contributed by atoms with Crippen LogP contribution in [0, 0.1) is 24.0 Å². The molecule has 2 heterocycles. The molecule has 8 nitrogen and oxygen atoms in total. The molecule has 9 heteroatoms. The Balaban J connectivity index is 1.65. The molecule has 2 aromatic carbocycles. The number of nitrogens with zero attached hydrogens (tertiary/aromatic N) is 2. The van der Waals surface area contributed by atoms with Crippen molar-refractivity contribution in [2.24, 2.45) is 0 Å². The van der Waals surface area contributed by atoms with Crippen LogP contribution in [0.5, 0.6) is 0 Å². The number of imidazole rings is 1. The van der Waals surface area contributed by atoms with Gasteiger partial charge in [0.2, 0.25) is 0 Å². The summed E-state index contributed by atoms with van der Waals surface area (Å²) < 4.78 is 5.77. The van der Waals surface area contributed by atoms with Crippen LogP contribution >= 0.6 is 11.8 Å². The van der Waals surface area contributed by atoms with E-state index in [0.717, 1.165) is 28.4 Å². The topological polar surface area (TPSA) is 122 Å². The fourth-order valence-electron chi connectivity index (χ4n) is 3.10. The van der Waals surface area contributed by atoms with Crippen LogP contribution in [0.3, 0.4) is 0 Å². The lowest BCUT2D eigenvalue weighted by Crippen LogP contribution is -1.97. The molecule has 4 aromatic rings. The van der Waals surface area contributed by atoms with Gasteiger partial charge in [-0.05, 0) is 61.5 Å². The standard InChI is InChI=1S/C22H17N3O5S/c1-12-9-14(10-18(13(12)2)25(28)29)19-8-7-15(30-19)11-20(21(26)27)31-22-23-16-5-3-4-6-17(16)24-22/h3-11H,1-2H3,(H,23,24)(H,26,27)/b20-11-. The molecule has 0 aliphatic heterocycles. The van der Waals surface area contributed by atoms with Gasteiger partial charge in [0.15, 0.2) is 5.16 Å². The van der Waals surface area contributed by atoms with E-state index in [1.54, 1.807) is 32.0 Å². The average molecular weight is 435 g/mol. The smallest absolute Gasteiger partial charge is 0.342 e. The van der Waals surface area contributed by atoms with Gasteiger partial charge in [0.25, 0.3) is 5.69 Å². The number of furan rings is 1. The SMILES string of the molecule is Cc1cc(-c2ccc(/C=C(\Sc3nc4ccccc4[nH]3)C(=O)O)o2)cc([N+](=O)[O-])c1C. The molecule has 0 unspecified atom stereocenters. The summed E-state index contributed by atoms with van der Waals surface area (Å²) in [6.07, 6.45) is 1.40. The summed E-state index contributed by atoms with van der Waals surface area (Å²) in [4.78, 5) is 30.1. The van der Waals surface area contributed by atoms with Gasteiger partial charge >= 0.3 is 5.97 Å². The number of aromatic amines is 1. The zero-order valence-electron chi connectivity index (χ0n) is 16.6. The number of carbonyl (C=O) groups is 1. The van der Waals surface area contributed by atoms with Crippen molar-refractivity contribution in [1.82, 2.24) is 9.97 Å². The summed E-state index contributed by atoms with van der Waals surface area (Å²) in [6.45, 7) is 3.49. The Morgan fingerprint density at radius 1 is 1.23 bits per heavy atom. The second-order valence-corrected chi connectivity index (χ2v) is 7.90. The number of carboxylic acid groups (broad SMARTS) is 1. The Bertz CT molecular complexity index is 1320. The number of para-hydroxylation sites is 2. The molecule has 0 saturated carbocycles. The number of aliphatic carboxylic acids is 1. The van der Waals surface area contributed by atoms with E-state index in [4.69, 9.17) is 4.42 Å². The van der Waals surface area contributed by atoms with E-state index >= 15 is 0 Å². The molecule has 0 fully saturated rings. The summed E-state index contributed by atoms with van der Waals surface area (Å²) in [5.41, 5.74) is 3.48. The molecule has 156 valence electrons. The van der Waals surface area contributed by atoms with Crippen molar-refractivity contribution in [3.05, 3.63) is 80.4 Å². The lowest BCUT2D eigenvalue weighted by atomic mass is 10.0. The molecule has 0 amide bonds. The molecule has 0 radical (unpaired) electrons. The number of thioether (sulfide) groups is 1. The molecule has 4 rings (SSSR count). The third-order valence-electron chi connectivity index (χ3n) is 4.81. The first kappa shape index (κ1) is 20.4. The van der Waals surface area contributed by atoms with Gasteiger partial charge in [0, 0.05) is 23.3 Å². The van der Waals surface area contributed by atoms with Crippen LogP contribution in [0.15, 0.2) is 63.0 Å².